The van der Waals surface area contributed by atoms with Gasteiger partial charge in [-0.2, -0.15) is 0 Å². The number of carbonyl (C=O) groups excluding carboxylic acids is 2. The number of nitrogens with zero attached hydrogens (tertiary/aromatic N) is 1. The second kappa shape index (κ2) is 9.16. The van der Waals surface area contributed by atoms with Crippen molar-refractivity contribution in [2.45, 2.75) is 59.0 Å². The Morgan fingerprint density at radius 2 is 1.71 bits per heavy atom. The fourth-order valence-corrected chi connectivity index (χ4v) is 4.00. The van der Waals surface area contributed by atoms with E-state index in [1.165, 1.54) is 18.2 Å². The summed E-state index contributed by atoms with van der Waals surface area (Å²) in [6.45, 7) is 8.48. The van der Waals surface area contributed by atoms with E-state index in [4.69, 9.17) is 0 Å². The number of likely N-dealkylation sites (tertiary alicyclic amines) is 1. The van der Waals surface area contributed by atoms with Crippen LogP contribution in [0.5, 0.6) is 0 Å². The van der Waals surface area contributed by atoms with Gasteiger partial charge >= 0.3 is 0 Å². The van der Waals surface area contributed by atoms with Crippen LogP contribution in [0.2, 0.25) is 0 Å². The molecular formula is C25H30F2N2O2. The number of amides is 2. The Morgan fingerprint density at radius 1 is 1.10 bits per heavy atom. The standard InChI is InChI=1S/C25H30F2N2O2/c1-16(17-10-12-18(13-11-17)23-19(26)7-5-8-20(23)27)28-24(31)21-9-6-14-29(21)22(30)15-25(2,3)4/h5,7-8,10-13,16,21H,6,9,14-15H2,1-4H3,(H,28,31)/t16-,21-/m0/s1. The highest BCUT2D eigenvalue weighted by molar-refractivity contribution is 5.88. The smallest absolute Gasteiger partial charge is 0.243 e. The van der Waals surface area contributed by atoms with Crippen LogP contribution in [0, 0.1) is 17.0 Å². The molecule has 2 aromatic rings. The van der Waals surface area contributed by atoms with Crippen molar-refractivity contribution in [1.82, 2.24) is 10.2 Å². The third-order valence-electron chi connectivity index (χ3n) is 5.58. The van der Waals surface area contributed by atoms with E-state index in [2.05, 4.69) is 5.32 Å². The summed E-state index contributed by atoms with van der Waals surface area (Å²) in [4.78, 5) is 27.2. The lowest BCUT2D eigenvalue weighted by atomic mass is 9.91. The summed E-state index contributed by atoms with van der Waals surface area (Å²) in [5.74, 6) is -1.39. The molecule has 0 aliphatic carbocycles. The van der Waals surface area contributed by atoms with Crippen molar-refractivity contribution in [3.63, 3.8) is 0 Å². The van der Waals surface area contributed by atoms with Gasteiger partial charge in [-0.3, -0.25) is 9.59 Å². The first-order valence-corrected chi connectivity index (χ1v) is 10.7. The zero-order valence-corrected chi connectivity index (χ0v) is 18.5. The highest BCUT2D eigenvalue weighted by Gasteiger charge is 2.35. The molecule has 1 aliphatic rings. The van der Waals surface area contributed by atoms with Gasteiger partial charge in [0.1, 0.15) is 17.7 Å². The van der Waals surface area contributed by atoms with Crippen molar-refractivity contribution in [1.29, 1.82) is 0 Å². The first-order valence-electron chi connectivity index (χ1n) is 10.7. The normalized spacial score (nSPS) is 17.5. The monoisotopic (exact) mass is 428 g/mol. The predicted octanol–water partition coefficient (Wildman–Crippen LogP) is 5.24. The van der Waals surface area contributed by atoms with Crippen molar-refractivity contribution in [3.8, 4) is 11.1 Å². The SMILES string of the molecule is C[C@H](NC(=O)[C@@H]1CCCN1C(=O)CC(C)(C)C)c1ccc(-c2c(F)cccc2F)cc1. The van der Waals surface area contributed by atoms with Crippen molar-refractivity contribution in [2.24, 2.45) is 5.41 Å². The van der Waals surface area contributed by atoms with E-state index in [0.29, 0.717) is 24.9 Å². The van der Waals surface area contributed by atoms with E-state index in [-0.39, 0.29) is 28.8 Å². The van der Waals surface area contributed by atoms with Crippen LogP contribution in [-0.4, -0.2) is 29.3 Å². The van der Waals surface area contributed by atoms with Crippen LogP contribution < -0.4 is 5.32 Å². The zero-order chi connectivity index (χ0) is 22.8. The van der Waals surface area contributed by atoms with E-state index in [1.807, 2.05) is 27.7 Å². The minimum absolute atomic E-state index is 0.00840. The Morgan fingerprint density at radius 3 is 2.29 bits per heavy atom. The molecule has 1 aliphatic heterocycles. The fraction of sp³-hybridized carbons (Fsp3) is 0.440. The summed E-state index contributed by atoms with van der Waals surface area (Å²) in [6, 6.07) is 9.83. The molecule has 1 fully saturated rings. The van der Waals surface area contributed by atoms with E-state index in [0.717, 1.165) is 12.0 Å². The molecule has 0 radical (unpaired) electrons. The van der Waals surface area contributed by atoms with Crippen LogP contribution >= 0.6 is 0 Å². The number of carbonyl (C=O) groups is 2. The Bertz CT molecular complexity index is 931. The van der Waals surface area contributed by atoms with Crippen molar-refractivity contribution >= 4 is 11.8 Å². The van der Waals surface area contributed by atoms with Gasteiger partial charge in [0.25, 0.3) is 0 Å². The highest BCUT2D eigenvalue weighted by atomic mass is 19.1. The maximum Gasteiger partial charge on any atom is 0.243 e. The largest absolute Gasteiger partial charge is 0.348 e. The molecule has 1 heterocycles. The summed E-state index contributed by atoms with van der Waals surface area (Å²) < 4.78 is 28.0. The van der Waals surface area contributed by atoms with Crippen LogP contribution in [-0.2, 0) is 9.59 Å². The van der Waals surface area contributed by atoms with Gasteiger partial charge in [0.15, 0.2) is 0 Å². The second-order valence-electron chi connectivity index (χ2n) is 9.43. The molecule has 1 saturated heterocycles. The molecule has 6 heteroatoms. The molecule has 2 amide bonds. The van der Waals surface area contributed by atoms with Crippen molar-refractivity contribution in [3.05, 3.63) is 59.7 Å². The van der Waals surface area contributed by atoms with E-state index < -0.39 is 17.7 Å². The molecule has 0 saturated carbocycles. The lowest BCUT2D eigenvalue weighted by molar-refractivity contribution is -0.140. The Balaban J connectivity index is 1.67. The molecule has 0 unspecified atom stereocenters. The third kappa shape index (κ3) is 5.49. The van der Waals surface area contributed by atoms with Crippen LogP contribution in [0.25, 0.3) is 11.1 Å². The first kappa shape index (κ1) is 22.9. The number of hydrogen-bond acceptors (Lipinski definition) is 2. The number of benzene rings is 2. The molecule has 0 bridgehead atoms. The second-order valence-corrected chi connectivity index (χ2v) is 9.43. The topological polar surface area (TPSA) is 49.4 Å². The van der Waals surface area contributed by atoms with Gasteiger partial charge in [0.05, 0.1) is 11.6 Å². The van der Waals surface area contributed by atoms with Gasteiger partial charge in [-0.25, -0.2) is 8.78 Å². The molecule has 4 nitrogen and oxygen atoms in total. The van der Waals surface area contributed by atoms with Crippen molar-refractivity contribution in [2.75, 3.05) is 6.54 Å². The Hall–Kier alpha value is -2.76. The number of rotatable bonds is 5. The molecular weight excluding hydrogens is 398 g/mol. The lowest BCUT2D eigenvalue weighted by Crippen LogP contribution is -2.47. The van der Waals surface area contributed by atoms with E-state index in [9.17, 15) is 18.4 Å². The maximum absolute atomic E-state index is 14.0. The van der Waals surface area contributed by atoms with Crippen LogP contribution in [0.15, 0.2) is 42.5 Å². The molecule has 0 aromatic heterocycles. The average Bonchev–Trinajstić information content (AvgIpc) is 3.17. The van der Waals surface area contributed by atoms with Crippen molar-refractivity contribution < 1.29 is 18.4 Å². The highest BCUT2D eigenvalue weighted by Crippen LogP contribution is 2.28. The number of nitrogens with one attached hydrogen (secondary N) is 1. The predicted molar refractivity (Wildman–Crippen MR) is 117 cm³/mol. The number of hydrogen-bond donors (Lipinski definition) is 1. The lowest BCUT2D eigenvalue weighted by Gasteiger charge is -2.28. The summed E-state index contributed by atoms with van der Waals surface area (Å²) >= 11 is 0. The molecule has 2 atom stereocenters. The maximum atomic E-state index is 14.0. The number of halogens is 2. The Kier molecular flexibility index (Phi) is 6.77. The minimum Gasteiger partial charge on any atom is -0.348 e. The summed E-state index contributed by atoms with van der Waals surface area (Å²) in [5, 5.41) is 2.99. The van der Waals surface area contributed by atoms with Crippen LogP contribution in [0.3, 0.4) is 0 Å². The first-order chi connectivity index (χ1) is 14.6. The van der Waals surface area contributed by atoms with Crippen LogP contribution in [0.4, 0.5) is 8.78 Å². The minimum atomic E-state index is -0.615. The average molecular weight is 429 g/mol. The van der Waals surface area contributed by atoms with Gasteiger partial charge in [0.2, 0.25) is 11.8 Å². The third-order valence-corrected chi connectivity index (χ3v) is 5.58. The van der Waals surface area contributed by atoms with Crippen LogP contribution in [0.1, 0.15) is 58.6 Å². The van der Waals surface area contributed by atoms with Gasteiger partial charge in [-0.15, -0.1) is 0 Å². The summed E-state index contributed by atoms with van der Waals surface area (Å²) in [5.41, 5.74) is 1.06. The quantitative estimate of drug-likeness (QED) is 0.708. The molecule has 31 heavy (non-hydrogen) atoms. The molecule has 2 aromatic carbocycles. The summed E-state index contributed by atoms with van der Waals surface area (Å²) in [7, 11) is 0. The van der Waals surface area contributed by atoms with Gasteiger partial charge in [-0.05, 0) is 48.4 Å². The fourth-order valence-electron chi connectivity index (χ4n) is 4.00. The van der Waals surface area contributed by atoms with E-state index in [1.54, 1.807) is 29.2 Å². The van der Waals surface area contributed by atoms with Gasteiger partial charge in [0, 0.05) is 13.0 Å². The molecule has 166 valence electrons. The Labute approximate surface area is 182 Å². The zero-order valence-electron chi connectivity index (χ0n) is 18.5. The molecule has 3 rings (SSSR count). The molecule has 0 spiro atoms. The van der Waals surface area contributed by atoms with Gasteiger partial charge in [-0.1, -0.05) is 51.1 Å². The summed E-state index contributed by atoms with van der Waals surface area (Å²) in [6.07, 6.45) is 1.87. The van der Waals surface area contributed by atoms with Gasteiger partial charge < -0.3 is 10.2 Å². The molecule has 1 N–H and O–H groups in total. The van der Waals surface area contributed by atoms with E-state index >= 15 is 0 Å².